The number of nitrogens with zero attached hydrogens (tertiary/aromatic N) is 1. The van der Waals surface area contributed by atoms with Gasteiger partial charge in [-0.2, -0.15) is 0 Å². The molecular weight excluding hydrogens is 378 g/mol. The van der Waals surface area contributed by atoms with Gasteiger partial charge in [0.1, 0.15) is 5.60 Å². The summed E-state index contributed by atoms with van der Waals surface area (Å²) in [6.07, 6.45) is 2.34. The highest BCUT2D eigenvalue weighted by Crippen LogP contribution is 2.23. The molecule has 0 saturated heterocycles. The van der Waals surface area contributed by atoms with Crippen molar-refractivity contribution in [1.29, 1.82) is 0 Å². The Labute approximate surface area is 177 Å². The minimum atomic E-state index is -0.710. The molecule has 1 atom stereocenters. The molecule has 0 saturated carbocycles. The summed E-state index contributed by atoms with van der Waals surface area (Å²) < 4.78 is 6.99. The molecule has 0 unspecified atom stereocenters. The molecule has 6 nitrogen and oxygen atoms in total. The minimum absolute atomic E-state index is 0.208. The molecule has 0 aliphatic rings. The van der Waals surface area contributed by atoms with E-state index in [-0.39, 0.29) is 5.91 Å². The van der Waals surface area contributed by atoms with Crippen molar-refractivity contribution in [2.75, 3.05) is 6.54 Å². The number of nitrogens with one attached hydrogen (secondary N) is 1. The molecule has 1 amide bonds. The topological polar surface area (TPSA) is 86.3 Å². The maximum atomic E-state index is 12.6. The molecule has 3 rings (SSSR count). The molecule has 158 valence electrons. The molecule has 1 aromatic heterocycles. The van der Waals surface area contributed by atoms with Crippen LogP contribution in [0.1, 0.15) is 31.9 Å². The van der Waals surface area contributed by atoms with E-state index in [0.29, 0.717) is 13.0 Å². The summed E-state index contributed by atoms with van der Waals surface area (Å²) in [5.41, 5.74) is 8.30. The van der Waals surface area contributed by atoms with Crippen LogP contribution in [0.2, 0.25) is 0 Å². The molecule has 0 aliphatic heterocycles. The first kappa shape index (κ1) is 21.6. The largest absolute Gasteiger partial charge is 0.443 e. The van der Waals surface area contributed by atoms with Crippen molar-refractivity contribution in [2.45, 2.75) is 45.3 Å². The van der Waals surface area contributed by atoms with Crippen LogP contribution in [0.15, 0.2) is 60.8 Å². The maximum Gasteiger partial charge on any atom is 0.419 e. The van der Waals surface area contributed by atoms with Gasteiger partial charge in [-0.05, 0) is 50.8 Å². The molecule has 2 aromatic carbocycles. The van der Waals surface area contributed by atoms with Crippen molar-refractivity contribution >= 4 is 22.9 Å². The lowest BCUT2D eigenvalue weighted by Crippen LogP contribution is -2.42. The van der Waals surface area contributed by atoms with Gasteiger partial charge >= 0.3 is 6.09 Å². The van der Waals surface area contributed by atoms with Crippen LogP contribution in [0.4, 0.5) is 4.79 Å². The molecule has 3 aromatic rings. The summed E-state index contributed by atoms with van der Waals surface area (Å²) >= 11 is 0. The number of para-hydroxylation sites is 1. The fourth-order valence-electron chi connectivity index (χ4n) is 3.31. The van der Waals surface area contributed by atoms with Gasteiger partial charge in [-0.3, -0.25) is 9.36 Å². The number of hydrogen-bond donors (Lipinski definition) is 2. The fourth-order valence-corrected chi connectivity index (χ4v) is 3.31. The second-order valence-corrected chi connectivity index (χ2v) is 8.36. The standard InChI is InChI=1S/C24H29N3O3/c1-24(2,3)30-23(29)27-16-18(19-11-7-8-12-21(19)27)15-20(25)22(28)26-14-13-17-9-5-4-6-10-17/h4-12,16,20H,13-15,25H2,1-3H3,(H,26,28)/t20-/m1/s1. The minimum Gasteiger partial charge on any atom is -0.443 e. The Morgan fingerprint density at radius 2 is 1.73 bits per heavy atom. The monoisotopic (exact) mass is 407 g/mol. The highest BCUT2D eigenvalue weighted by molar-refractivity contribution is 5.92. The second kappa shape index (κ2) is 9.13. The number of hydrogen-bond acceptors (Lipinski definition) is 4. The predicted octanol–water partition coefficient (Wildman–Crippen LogP) is 3.65. The van der Waals surface area contributed by atoms with Gasteiger partial charge in [-0.15, -0.1) is 0 Å². The molecular formula is C24H29N3O3. The first-order valence-corrected chi connectivity index (χ1v) is 10.1. The van der Waals surface area contributed by atoms with Gasteiger partial charge in [0.05, 0.1) is 11.6 Å². The van der Waals surface area contributed by atoms with E-state index in [0.717, 1.165) is 28.5 Å². The predicted molar refractivity (Wildman–Crippen MR) is 118 cm³/mol. The molecule has 0 aliphatic carbocycles. The number of amides is 1. The van der Waals surface area contributed by atoms with Crippen molar-refractivity contribution in [3.63, 3.8) is 0 Å². The quantitative estimate of drug-likeness (QED) is 0.653. The van der Waals surface area contributed by atoms with E-state index < -0.39 is 17.7 Å². The van der Waals surface area contributed by atoms with Crippen LogP contribution < -0.4 is 11.1 Å². The van der Waals surface area contributed by atoms with Crippen LogP contribution in [0.3, 0.4) is 0 Å². The number of ether oxygens (including phenoxy) is 1. The summed E-state index contributed by atoms with van der Waals surface area (Å²) in [5, 5.41) is 3.78. The molecule has 0 bridgehead atoms. The highest BCUT2D eigenvalue weighted by Gasteiger charge is 2.22. The Morgan fingerprint density at radius 1 is 1.07 bits per heavy atom. The Bertz CT molecular complexity index is 1020. The fraction of sp³-hybridized carbons (Fsp3) is 0.333. The lowest BCUT2D eigenvalue weighted by molar-refractivity contribution is -0.122. The van der Waals surface area contributed by atoms with Crippen molar-refractivity contribution in [3.8, 4) is 0 Å². The Morgan fingerprint density at radius 3 is 2.43 bits per heavy atom. The molecule has 0 spiro atoms. The number of fused-ring (bicyclic) bond motifs is 1. The molecule has 0 fully saturated rings. The van der Waals surface area contributed by atoms with Gasteiger partial charge in [0, 0.05) is 18.1 Å². The zero-order chi connectivity index (χ0) is 21.7. The first-order chi connectivity index (χ1) is 14.2. The van der Waals surface area contributed by atoms with Crippen LogP contribution in [0.25, 0.3) is 10.9 Å². The van der Waals surface area contributed by atoms with Crippen LogP contribution in [0.5, 0.6) is 0 Å². The lowest BCUT2D eigenvalue weighted by Gasteiger charge is -2.19. The third-order valence-corrected chi connectivity index (χ3v) is 4.72. The van der Waals surface area contributed by atoms with Crippen LogP contribution in [-0.2, 0) is 22.4 Å². The summed E-state index contributed by atoms with van der Waals surface area (Å²) in [6.45, 7) is 6.00. The smallest absolute Gasteiger partial charge is 0.419 e. The van der Waals surface area contributed by atoms with Gasteiger partial charge in [0.2, 0.25) is 5.91 Å². The van der Waals surface area contributed by atoms with Crippen molar-refractivity contribution in [1.82, 2.24) is 9.88 Å². The Kier molecular flexibility index (Phi) is 6.57. The SMILES string of the molecule is CC(C)(C)OC(=O)n1cc(C[C@@H](N)C(=O)NCCc2ccccc2)c2ccccc21. The summed E-state index contributed by atoms with van der Waals surface area (Å²) in [7, 11) is 0. The van der Waals surface area contributed by atoms with Gasteiger partial charge in [0.15, 0.2) is 0 Å². The Hall–Kier alpha value is -3.12. The van der Waals surface area contributed by atoms with Crippen LogP contribution in [0, 0.1) is 0 Å². The highest BCUT2D eigenvalue weighted by atomic mass is 16.6. The third kappa shape index (κ3) is 5.48. The van der Waals surface area contributed by atoms with E-state index in [2.05, 4.69) is 5.32 Å². The van der Waals surface area contributed by atoms with Crippen molar-refractivity contribution < 1.29 is 14.3 Å². The number of aromatic nitrogens is 1. The van der Waals surface area contributed by atoms with Crippen molar-refractivity contribution in [3.05, 3.63) is 71.9 Å². The maximum absolute atomic E-state index is 12.6. The van der Waals surface area contributed by atoms with Crippen molar-refractivity contribution in [2.24, 2.45) is 5.73 Å². The number of carbonyl (C=O) groups is 2. The number of rotatable bonds is 6. The second-order valence-electron chi connectivity index (χ2n) is 8.36. The normalized spacial score (nSPS) is 12.5. The van der Waals surface area contributed by atoms with E-state index in [9.17, 15) is 9.59 Å². The third-order valence-electron chi connectivity index (χ3n) is 4.72. The van der Waals surface area contributed by atoms with Gasteiger partial charge in [-0.1, -0.05) is 48.5 Å². The van der Waals surface area contributed by atoms with Gasteiger partial charge in [0.25, 0.3) is 0 Å². The lowest BCUT2D eigenvalue weighted by atomic mass is 10.0. The molecule has 0 radical (unpaired) electrons. The van der Waals surface area contributed by atoms with Crippen LogP contribution in [-0.4, -0.2) is 34.8 Å². The number of carbonyl (C=O) groups excluding carboxylic acids is 2. The zero-order valence-corrected chi connectivity index (χ0v) is 17.7. The van der Waals surface area contributed by atoms with Gasteiger partial charge < -0.3 is 15.8 Å². The number of benzene rings is 2. The van der Waals surface area contributed by atoms with E-state index in [4.69, 9.17) is 10.5 Å². The van der Waals surface area contributed by atoms with E-state index in [1.54, 1.807) is 6.20 Å². The zero-order valence-electron chi connectivity index (χ0n) is 17.7. The number of nitrogens with two attached hydrogens (primary N) is 1. The average molecular weight is 408 g/mol. The Balaban J connectivity index is 1.68. The van der Waals surface area contributed by atoms with Crippen LogP contribution >= 0.6 is 0 Å². The molecule has 1 heterocycles. The first-order valence-electron chi connectivity index (χ1n) is 10.1. The molecule has 6 heteroatoms. The average Bonchev–Trinajstić information content (AvgIpc) is 3.06. The van der Waals surface area contributed by atoms with Gasteiger partial charge in [-0.25, -0.2) is 4.79 Å². The van der Waals surface area contributed by atoms with E-state index >= 15 is 0 Å². The summed E-state index contributed by atoms with van der Waals surface area (Å²) in [4.78, 5) is 25.1. The summed E-state index contributed by atoms with van der Waals surface area (Å²) in [6, 6.07) is 16.8. The molecule has 3 N–H and O–H groups in total. The molecule has 30 heavy (non-hydrogen) atoms. The summed E-state index contributed by atoms with van der Waals surface area (Å²) in [5.74, 6) is -0.208. The van der Waals surface area contributed by atoms with E-state index in [1.165, 1.54) is 4.57 Å². The van der Waals surface area contributed by atoms with E-state index in [1.807, 2.05) is 75.4 Å².